The zero-order chi connectivity index (χ0) is 11.8. The van der Waals surface area contributed by atoms with Crippen LogP contribution in [0.1, 0.15) is 39.5 Å². The van der Waals surface area contributed by atoms with Gasteiger partial charge in [0.15, 0.2) is 0 Å². The Bertz CT molecular complexity index is 273. The topological polar surface area (TPSA) is 49.3 Å². The Kier molecular flexibility index (Phi) is 3.24. The molecule has 0 radical (unpaired) electrons. The molecule has 0 amide bonds. The Balaban J connectivity index is 2.07. The summed E-state index contributed by atoms with van der Waals surface area (Å²) in [6.45, 7) is 6.04. The van der Waals surface area contributed by atoms with Crippen LogP contribution in [0, 0.1) is 23.2 Å². The van der Waals surface area contributed by atoms with Crippen molar-refractivity contribution in [3.8, 4) is 0 Å². The fourth-order valence-corrected chi connectivity index (χ4v) is 2.89. The number of hydrogen-bond donors (Lipinski definition) is 2. The van der Waals surface area contributed by atoms with E-state index < -0.39 is 11.4 Å². The predicted molar refractivity (Wildman–Crippen MR) is 63.2 cm³/mol. The molecule has 1 aliphatic carbocycles. The number of carboxylic acids is 1. The predicted octanol–water partition coefficient (Wildman–Crippen LogP) is 2.12. The number of carbonyl (C=O) groups is 1. The van der Waals surface area contributed by atoms with Crippen LogP contribution < -0.4 is 5.32 Å². The summed E-state index contributed by atoms with van der Waals surface area (Å²) < 4.78 is 0. The summed E-state index contributed by atoms with van der Waals surface area (Å²) in [6, 6.07) is 0. The van der Waals surface area contributed by atoms with Crippen molar-refractivity contribution in [2.45, 2.75) is 39.5 Å². The number of hydrogen-bond acceptors (Lipinski definition) is 2. The first-order chi connectivity index (χ1) is 7.53. The monoisotopic (exact) mass is 225 g/mol. The quantitative estimate of drug-likeness (QED) is 0.770. The van der Waals surface area contributed by atoms with Gasteiger partial charge in [-0.1, -0.05) is 26.7 Å². The lowest BCUT2D eigenvalue weighted by molar-refractivity contribution is -0.152. The van der Waals surface area contributed by atoms with Gasteiger partial charge < -0.3 is 10.4 Å². The first-order valence-corrected chi connectivity index (χ1v) is 6.47. The van der Waals surface area contributed by atoms with Crippen LogP contribution >= 0.6 is 0 Å². The van der Waals surface area contributed by atoms with Crippen LogP contribution in [-0.4, -0.2) is 24.2 Å². The minimum Gasteiger partial charge on any atom is -0.481 e. The molecule has 2 aliphatic rings. The van der Waals surface area contributed by atoms with Crippen LogP contribution in [0.4, 0.5) is 0 Å². The molecule has 1 saturated heterocycles. The normalized spacial score (nSPS) is 35.3. The number of nitrogens with one attached hydrogen (secondary N) is 1. The maximum atomic E-state index is 11.6. The van der Waals surface area contributed by atoms with Crippen LogP contribution in [0.15, 0.2) is 0 Å². The van der Waals surface area contributed by atoms with Crippen LogP contribution in [0.2, 0.25) is 0 Å². The second kappa shape index (κ2) is 4.36. The minimum atomic E-state index is -0.586. The Hall–Kier alpha value is -0.570. The van der Waals surface area contributed by atoms with Crippen molar-refractivity contribution in [3.63, 3.8) is 0 Å². The van der Waals surface area contributed by atoms with Crippen LogP contribution in [0.3, 0.4) is 0 Å². The summed E-state index contributed by atoms with van der Waals surface area (Å²) in [6.07, 6.45) is 4.23. The van der Waals surface area contributed by atoms with Crippen molar-refractivity contribution in [2.75, 3.05) is 13.1 Å². The molecule has 3 heteroatoms. The van der Waals surface area contributed by atoms with Gasteiger partial charge in [-0.25, -0.2) is 0 Å². The highest BCUT2D eigenvalue weighted by Crippen LogP contribution is 2.45. The Morgan fingerprint density at radius 2 is 2.19 bits per heavy atom. The smallest absolute Gasteiger partial charge is 0.310 e. The second-order valence-corrected chi connectivity index (χ2v) is 6.07. The van der Waals surface area contributed by atoms with E-state index in [1.54, 1.807) is 0 Å². The molecule has 1 heterocycles. The van der Waals surface area contributed by atoms with E-state index in [0.29, 0.717) is 24.3 Å². The molecule has 0 aromatic carbocycles. The molecule has 3 nitrogen and oxygen atoms in total. The maximum absolute atomic E-state index is 11.6. The van der Waals surface area contributed by atoms with Crippen molar-refractivity contribution in [1.29, 1.82) is 0 Å². The third-order valence-electron chi connectivity index (χ3n) is 4.30. The number of carboxylic acid groups (broad SMARTS) is 1. The summed E-state index contributed by atoms with van der Waals surface area (Å²) in [5, 5.41) is 12.9. The number of rotatable bonds is 4. The molecular formula is C13H23NO2. The van der Waals surface area contributed by atoms with Crippen molar-refractivity contribution in [2.24, 2.45) is 23.2 Å². The number of piperidine rings is 1. The zero-order valence-corrected chi connectivity index (χ0v) is 10.3. The molecule has 2 rings (SSSR count). The molecule has 16 heavy (non-hydrogen) atoms. The molecular weight excluding hydrogens is 202 g/mol. The summed E-state index contributed by atoms with van der Waals surface area (Å²) in [5.74, 6) is 1.19. The largest absolute Gasteiger partial charge is 0.481 e. The lowest BCUT2D eigenvalue weighted by Crippen LogP contribution is -2.50. The Morgan fingerprint density at radius 1 is 1.50 bits per heavy atom. The van der Waals surface area contributed by atoms with Crippen molar-refractivity contribution in [1.82, 2.24) is 5.32 Å². The van der Waals surface area contributed by atoms with E-state index in [0.717, 1.165) is 19.4 Å². The molecule has 2 N–H and O–H groups in total. The first kappa shape index (κ1) is 11.9. The highest BCUT2D eigenvalue weighted by molar-refractivity contribution is 5.75. The van der Waals surface area contributed by atoms with Gasteiger partial charge in [-0.3, -0.25) is 4.79 Å². The minimum absolute atomic E-state index is 0.478. The van der Waals surface area contributed by atoms with Crippen LogP contribution in [-0.2, 0) is 4.79 Å². The summed E-state index contributed by atoms with van der Waals surface area (Å²) >= 11 is 0. The summed E-state index contributed by atoms with van der Waals surface area (Å²) in [5.41, 5.74) is -0.478. The van der Waals surface area contributed by atoms with Gasteiger partial charge in [0.05, 0.1) is 5.41 Å². The SMILES string of the molecule is CC(C)[C@H]1CNC[C@](CC2CC2)(C(=O)O)C1. The standard InChI is InChI=1S/C13H23NO2/c1-9(2)11-6-13(12(15)16,8-14-7-11)5-10-3-4-10/h9-11,14H,3-8H2,1-2H3,(H,15,16)/t11-,13-/m1/s1. The molecule has 0 aromatic heterocycles. The molecule has 92 valence electrons. The van der Waals surface area contributed by atoms with Crippen molar-refractivity contribution < 1.29 is 9.90 Å². The maximum Gasteiger partial charge on any atom is 0.310 e. The summed E-state index contributed by atoms with van der Waals surface area (Å²) in [7, 11) is 0. The molecule has 0 unspecified atom stereocenters. The molecule has 1 saturated carbocycles. The number of aliphatic carboxylic acids is 1. The highest BCUT2D eigenvalue weighted by Gasteiger charge is 2.46. The highest BCUT2D eigenvalue weighted by atomic mass is 16.4. The average molecular weight is 225 g/mol. The zero-order valence-electron chi connectivity index (χ0n) is 10.3. The van der Waals surface area contributed by atoms with Gasteiger partial charge in [-0.05, 0) is 37.1 Å². The van der Waals surface area contributed by atoms with Gasteiger partial charge >= 0.3 is 5.97 Å². The third-order valence-corrected chi connectivity index (χ3v) is 4.30. The first-order valence-electron chi connectivity index (χ1n) is 6.47. The molecule has 2 fully saturated rings. The molecule has 1 aliphatic heterocycles. The van der Waals surface area contributed by atoms with Gasteiger partial charge in [0, 0.05) is 6.54 Å². The molecule has 0 aromatic rings. The van der Waals surface area contributed by atoms with Crippen LogP contribution in [0.25, 0.3) is 0 Å². The Labute approximate surface area is 97.6 Å². The van der Waals surface area contributed by atoms with E-state index in [-0.39, 0.29) is 0 Å². The molecule has 0 spiro atoms. The average Bonchev–Trinajstić information content (AvgIpc) is 3.01. The van der Waals surface area contributed by atoms with Gasteiger partial charge in [-0.15, -0.1) is 0 Å². The lowest BCUT2D eigenvalue weighted by Gasteiger charge is -2.40. The summed E-state index contributed by atoms with van der Waals surface area (Å²) in [4.78, 5) is 11.6. The van der Waals surface area contributed by atoms with E-state index in [4.69, 9.17) is 0 Å². The van der Waals surface area contributed by atoms with E-state index in [2.05, 4.69) is 19.2 Å². The fourth-order valence-electron chi connectivity index (χ4n) is 2.89. The van der Waals surface area contributed by atoms with Crippen molar-refractivity contribution in [3.05, 3.63) is 0 Å². The second-order valence-electron chi connectivity index (χ2n) is 6.07. The van der Waals surface area contributed by atoms with Gasteiger partial charge in [0.25, 0.3) is 0 Å². The van der Waals surface area contributed by atoms with Crippen LogP contribution in [0.5, 0.6) is 0 Å². The Morgan fingerprint density at radius 3 is 2.69 bits per heavy atom. The lowest BCUT2D eigenvalue weighted by atomic mass is 9.70. The van der Waals surface area contributed by atoms with E-state index in [1.807, 2.05) is 0 Å². The molecule has 2 atom stereocenters. The van der Waals surface area contributed by atoms with Crippen molar-refractivity contribution >= 4 is 5.97 Å². The third kappa shape index (κ3) is 2.40. The molecule has 0 bridgehead atoms. The van der Waals surface area contributed by atoms with E-state index >= 15 is 0 Å². The fraction of sp³-hybridized carbons (Fsp3) is 0.923. The van der Waals surface area contributed by atoms with Gasteiger partial charge in [-0.2, -0.15) is 0 Å². The van der Waals surface area contributed by atoms with E-state index in [1.165, 1.54) is 12.8 Å². The van der Waals surface area contributed by atoms with E-state index in [9.17, 15) is 9.90 Å². The van der Waals surface area contributed by atoms with Gasteiger partial charge in [0.2, 0.25) is 0 Å². The van der Waals surface area contributed by atoms with Gasteiger partial charge in [0.1, 0.15) is 0 Å².